The Morgan fingerprint density at radius 1 is 1.27 bits per heavy atom. The minimum Gasteiger partial charge on any atom is -0.479 e. The van der Waals surface area contributed by atoms with Gasteiger partial charge in [-0.1, -0.05) is 0 Å². The third-order valence-corrected chi connectivity index (χ3v) is 3.15. The predicted molar refractivity (Wildman–Crippen MR) is 64.4 cm³/mol. The van der Waals surface area contributed by atoms with Crippen molar-refractivity contribution in [2.45, 2.75) is 49.0 Å². The fourth-order valence-corrected chi connectivity index (χ4v) is 1.83. The van der Waals surface area contributed by atoms with Gasteiger partial charge in [0.05, 0.1) is 6.61 Å². The number of aliphatic hydroxyl groups is 6. The van der Waals surface area contributed by atoms with Gasteiger partial charge < -0.3 is 50.0 Å². The van der Waals surface area contributed by atoms with Crippen LogP contribution in [0.25, 0.3) is 1.43 Å². The SMILES string of the molecule is [2H]OC(=O)[C@H]1O[C@H](O[C@@H](C=O)[C@@H](O)[C@H](O)CO)[C@H](O)[C@@H](O)[C@@H]1O. The number of hydrogen-bond acceptors (Lipinski definition) is 11. The van der Waals surface area contributed by atoms with Crippen molar-refractivity contribution in [3.05, 3.63) is 0 Å². The molecule has 0 aliphatic carbocycles. The van der Waals surface area contributed by atoms with E-state index in [2.05, 4.69) is 5.11 Å². The lowest BCUT2D eigenvalue weighted by Gasteiger charge is -2.39. The molecule has 0 aromatic carbocycles. The van der Waals surface area contributed by atoms with E-state index in [9.17, 15) is 35.1 Å². The molecule has 0 radical (unpaired) electrons. The number of aldehydes is 1. The largest absolute Gasteiger partial charge is 0.479 e. The monoisotopic (exact) mass is 327 g/mol. The summed E-state index contributed by atoms with van der Waals surface area (Å²) in [6.07, 6.45) is -14.9. The smallest absolute Gasteiger partial charge is 0.335 e. The molecule has 1 rings (SSSR count). The van der Waals surface area contributed by atoms with Crippen LogP contribution in [0.5, 0.6) is 0 Å². The van der Waals surface area contributed by atoms with Gasteiger partial charge in [-0.05, 0) is 0 Å². The number of aliphatic hydroxyl groups excluding tert-OH is 6. The molecular weight excluding hydrogens is 308 g/mol. The summed E-state index contributed by atoms with van der Waals surface area (Å²) < 4.78 is 16.2. The predicted octanol–water partition coefficient (Wildman–Crippen LogP) is -4.82. The van der Waals surface area contributed by atoms with Crippen molar-refractivity contribution in [2.75, 3.05) is 6.61 Å². The van der Waals surface area contributed by atoms with E-state index in [-0.39, 0.29) is 6.29 Å². The van der Waals surface area contributed by atoms with Crippen molar-refractivity contribution in [3.63, 3.8) is 0 Å². The normalized spacial score (nSPS) is 36.8. The van der Waals surface area contributed by atoms with Crippen LogP contribution in [0.4, 0.5) is 0 Å². The van der Waals surface area contributed by atoms with Gasteiger partial charge >= 0.3 is 5.97 Å². The van der Waals surface area contributed by atoms with Crippen LogP contribution in [0.1, 0.15) is 0 Å². The van der Waals surface area contributed by atoms with E-state index in [0.717, 1.165) is 0 Å². The van der Waals surface area contributed by atoms with Gasteiger partial charge in [-0.2, -0.15) is 0 Å². The van der Waals surface area contributed by atoms with Crippen LogP contribution in [0.3, 0.4) is 0 Å². The summed E-state index contributed by atoms with van der Waals surface area (Å²) in [5.41, 5.74) is 0. The minimum absolute atomic E-state index is 0.0366. The molecule has 128 valence electrons. The number of carbonyl (C=O) groups excluding carboxylic acids is 1. The van der Waals surface area contributed by atoms with Crippen molar-refractivity contribution >= 4 is 12.3 Å². The standard InChI is InChI=1S/C11H18O11/c12-1-3(14)5(15)4(2-13)21-11-8(18)6(16)7(17)9(22-11)10(19)20/h2-9,11-12,14-18H,1H2,(H,19,20)/t3-,4+,5+,6+,7+,8-,9+,11+/m1/s1/i/hD. The first-order chi connectivity index (χ1) is 10.8. The number of aliphatic carboxylic acids is 1. The Morgan fingerprint density at radius 2 is 1.91 bits per heavy atom. The lowest BCUT2D eigenvalue weighted by molar-refractivity contribution is -0.307. The summed E-state index contributed by atoms with van der Waals surface area (Å²) >= 11 is 0. The van der Waals surface area contributed by atoms with Crippen LogP contribution in [-0.2, 0) is 19.1 Å². The molecule has 7 N–H and O–H groups in total. The number of rotatable bonds is 7. The second-order valence-electron chi connectivity index (χ2n) is 4.69. The Balaban J connectivity index is 2.87. The van der Waals surface area contributed by atoms with Crippen LogP contribution in [0.15, 0.2) is 0 Å². The number of hydrogen-bond donors (Lipinski definition) is 7. The molecule has 0 spiro atoms. The molecule has 0 amide bonds. The van der Waals surface area contributed by atoms with Crippen LogP contribution in [0, 0.1) is 0 Å². The summed E-state index contributed by atoms with van der Waals surface area (Å²) in [6.45, 7) is -0.891. The molecule has 11 heteroatoms. The highest BCUT2D eigenvalue weighted by atomic mass is 16.7. The number of carboxylic acid groups (broad SMARTS) is 1. The third-order valence-electron chi connectivity index (χ3n) is 3.15. The lowest BCUT2D eigenvalue weighted by Crippen LogP contribution is -2.61. The molecule has 0 bridgehead atoms. The first-order valence-electron chi connectivity index (χ1n) is 6.63. The van der Waals surface area contributed by atoms with Gasteiger partial charge in [0.1, 0.15) is 36.6 Å². The molecule has 1 fully saturated rings. The van der Waals surface area contributed by atoms with E-state index in [0.29, 0.717) is 0 Å². The maximum Gasteiger partial charge on any atom is 0.335 e. The summed E-state index contributed by atoms with van der Waals surface area (Å²) in [4.78, 5) is 22.2. The molecule has 0 unspecified atom stereocenters. The van der Waals surface area contributed by atoms with E-state index in [1.165, 1.54) is 0 Å². The highest BCUT2D eigenvalue weighted by molar-refractivity contribution is 5.73. The van der Waals surface area contributed by atoms with E-state index in [1.807, 2.05) is 0 Å². The quantitative estimate of drug-likeness (QED) is 0.222. The number of carboxylic acids is 1. The van der Waals surface area contributed by atoms with Crippen LogP contribution in [-0.4, -0.2) is 104 Å². The first-order valence-corrected chi connectivity index (χ1v) is 6.22. The first kappa shape index (κ1) is 17.2. The molecule has 1 saturated heterocycles. The fourth-order valence-electron chi connectivity index (χ4n) is 1.83. The van der Waals surface area contributed by atoms with Crippen molar-refractivity contribution in [1.29, 1.82) is 1.43 Å². The van der Waals surface area contributed by atoms with Gasteiger partial charge in [0.15, 0.2) is 18.7 Å². The van der Waals surface area contributed by atoms with Crippen molar-refractivity contribution in [2.24, 2.45) is 0 Å². The van der Waals surface area contributed by atoms with Gasteiger partial charge in [-0.3, -0.25) is 0 Å². The van der Waals surface area contributed by atoms with Gasteiger partial charge in [0, 0.05) is 0 Å². The second kappa shape index (κ2) is 7.89. The molecule has 1 aliphatic rings. The zero-order chi connectivity index (χ0) is 17.7. The summed E-state index contributed by atoms with van der Waals surface area (Å²) in [5.74, 6) is -1.39. The van der Waals surface area contributed by atoms with Gasteiger partial charge in [-0.25, -0.2) is 4.79 Å². The average Bonchev–Trinajstić information content (AvgIpc) is 2.57. The summed E-state index contributed by atoms with van der Waals surface area (Å²) in [5, 5.41) is 60.2. The average molecular weight is 327 g/mol. The molecule has 0 saturated carbocycles. The highest BCUT2D eigenvalue weighted by Gasteiger charge is 2.48. The fraction of sp³-hybridized carbons (Fsp3) is 0.818. The van der Waals surface area contributed by atoms with Gasteiger partial charge in [0.25, 0.3) is 1.43 Å². The van der Waals surface area contributed by atoms with Crippen molar-refractivity contribution < 1.29 is 54.8 Å². The van der Waals surface area contributed by atoms with Crippen LogP contribution in [0.2, 0.25) is 0 Å². The van der Waals surface area contributed by atoms with Crippen LogP contribution >= 0.6 is 0 Å². The maximum atomic E-state index is 11.3. The Bertz CT molecular complexity index is 407. The van der Waals surface area contributed by atoms with Gasteiger partial charge in [0.2, 0.25) is 0 Å². The summed E-state index contributed by atoms with van der Waals surface area (Å²) in [7, 11) is 0. The van der Waals surface area contributed by atoms with Crippen molar-refractivity contribution in [3.8, 4) is 0 Å². The second-order valence-corrected chi connectivity index (χ2v) is 4.69. The highest BCUT2D eigenvalue weighted by Crippen LogP contribution is 2.24. The molecule has 0 aromatic rings. The lowest BCUT2D eigenvalue weighted by atomic mass is 9.99. The number of carbonyl (C=O) groups is 2. The Morgan fingerprint density at radius 3 is 2.41 bits per heavy atom. The topological polar surface area (TPSA) is 194 Å². The van der Waals surface area contributed by atoms with E-state index in [1.54, 1.807) is 0 Å². The van der Waals surface area contributed by atoms with E-state index < -0.39 is 61.6 Å². The van der Waals surface area contributed by atoms with E-state index in [4.69, 9.17) is 16.0 Å². The molecule has 11 nitrogen and oxygen atoms in total. The molecule has 22 heavy (non-hydrogen) atoms. The molecule has 1 aliphatic heterocycles. The summed E-state index contributed by atoms with van der Waals surface area (Å²) in [6, 6.07) is 0. The minimum atomic E-state index is -1.94. The Kier molecular flexibility index (Phi) is 6.16. The third kappa shape index (κ3) is 3.97. The van der Waals surface area contributed by atoms with E-state index >= 15 is 0 Å². The molecule has 1 heterocycles. The van der Waals surface area contributed by atoms with Crippen LogP contribution < -0.4 is 0 Å². The zero-order valence-corrected chi connectivity index (χ0v) is 11.1. The van der Waals surface area contributed by atoms with Crippen molar-refractivity contribution in [1.82, 2.24) is 0 Å². The maximum absolute atomic E-state index is 11.3. The van der Waals surface area contributed by atoms with Gasteiger partial charge in [-0.15, -0.1) is 0 Å². The Hall–Kier alpha value is -1.18. The molecular formula is C11H18O11. The molecule has 0 aromatic heterocycles. The molecule has 8 atom stereocenters. The Labute approximate surface area is 125 Å². The zero-order valence-electron chi connectivity index (χ0n) is 12.1. The number of ether oxygens (including phenoxy) is 2.